The van der Waals surface area contributed by atoms with Gasteiger partial charge in [-0.25, -0.2) is 9.48 Å². The molecule has 0 aliphatic carbocycles. The first kappa shape index (κ1) is 12.8. The van der Waals surface area contributed by atoms with Crippen LogP contribution in [0.15, 0.2) is 29.3 Å². The molecule has 0 radical (unpaired) electrons. The average Bonchev–Trinajstić information content (AvgIpc) is 2.67. The summed E-state index contributed by atoms with van der Waals surface area (Å²) in [4.78, 5) is 11.1. The van der Waals surface area contributed by atoms with E-state index in [1.54, 1.807) is 30.5 Å². The van der Waals surface area contributed by atoms with Gasteiger partial charge < -0.3 is 10.8 Å². The van der Waals surface area contributed by atoms with Crippen molar-refractivity contribution in [3.8, 4) is 5.69 Å². The molecule has 3 N–H and O–H groups in total. The molecule has 5 nitrogen and oxygen atoms in total. The van der Waals surface area contributed by atoms with Gasteiger partial charge in [0.2, 0.25) is 0 Å². The highest BCUT2D eigenvalue weighted by Crippen LogP contribution is 2.27. The van der Waals surface area contributed by atoms with Gasteiger partial charge >= 0.3 is 5.97 Å². The summed E-state index contributed by atoms with van der Waals surface area (Å²) in [6, 6.07) is 6.83. The highest BCUT2D eigenvalue weighted by Gasteiger charge is 2.21. The van der Waals surface area contributed by atoms with Crippen LogP contribution in [0.25, 0.3) is 5.69 Å². The van der Waals surface area contributed by atoms with E-state index in [9.17, 15) is 4.79 Å². The zero-order chi connectivity index (χ0) is 13.3. The number of halogens is 1. The van der Waals surface area contributed by atoms with Gasteiger partial charge in [0, 0.05) is 5.02 Å². The summed E-state index contributed by atoms with van der Waals surface area (Å²) in [5, 5.41) is 14.3. The van der Waals surface area contributed by atoms with Crippen LogP contribution < -0.4 is 5.73 Å². The third-order valence-corrected chi connectivity index (χ3v) is 3.29. The Hall–Kier alpha value is -1.66. The van der Waals surface area contributed by atoms with E-state index in [1.165, 1.54) is 16.4 Å². The summed E-state index contributed by atoms with van der Waals surface area (Å²) in [5.41, 5.74) is 6.52. The number of rotatable bonds is 3. The number of benzene rings is 1. The van der Waals surface area contributed by atoms with Crippen LogP contribution in [0.5, 0.6) is 0 Å². The monoisotopic (exact) mass is 283 g/mol. The van der Waals surface area contributed by atoms with E-state index < -0.39 is 5.97 Å². The lowest BCUT2D eigenvalue weighted by Gasteiger charge is -2.03. The van der Waals surface area contributed by atoms with Gasteiger partial charge in [0.05, 0.1) is 5.69 Å². The predicted molar refractivity (Wildman–Crippen MR) is 71.7 cm³/mol. The lowest BCUT2D eigenvalue weighted by Crippen LogP contribution is -2.05. The fourth-order valence-electron chi connectivity index (χ4n) is 1.53. The summed E-state index contributed by atoms with van der Waals surface area (Å²) in [7, 11) is 0. The van der Waals surface area contributed by atoms with Gasteiger partial charge in [-0.05, 0) is 30.5 Å². The van der Waals surface area contributed by atoms with Crippen molar-refractivity contribution in [2.24, 2.45) is 0 Å². The van der Waals surface area contributed by atoms with Crippen LogP contribution >= 0.6 is 23.4 Å². The third-order valence-electron chi connectivity index (χ3n) is 2.37. The van der Waals surface area contributed by atoms with E-state index in [2.05, 4.69) is 5.10 Å². The van der Waals surface area contributed by atoms with Crippen LogP contribution in [0, 0.1) is 0 Å². The Kier molecular flexibility index (Phi) is 3.49. The molecule has 1 heterocycles. The first-order chi connectivity index (χ1) is 8.54. The number of aromatic carboxylic acids is 1. The molecular weight excluding hydrogens is 274 g/mol. The zero-order valence-corrected chi connectivity index (χ0v) is 11.0. The normalized spacial score (nSPS) is 10.6. The first-order valence-corrected chi connectivity index (χ1v) is 6.56. The molecule has 1 aromatic carbocycles. The molecule has 0 fully saturated rings. The molecule has 0 atom stereocenters. The molecule has 0 aliphatic heterocycles. The number of anilines is 1. The number of carboxylic acid groups (broad SMARTS) is 1. The molecule has 0 bridgehead atoms. The fraction of sp³-hybridized carbons (Fsp3) is 0.0909. The van der Waals surface area contributed by atoms with Gasteiger partial charge in [-0.1, -0.05) is 11.6 Å². The van der Waals surface area contributed by atoms with Crippen molar-refractivity contribution in [1.82, 2.24) is 9.78 Å². The number of hydrogen-bond acceptors (Lipinski definition) is 4. The number of nitrogens with zero attached hydrogens (tertiary/aromatic N) is 2. The molecule has 18 heavy (non-hydrogen) atoms. The highest BCUT2D eigenvalue weighted by molar-refractivity contribution is 7.98. The summed E-state index contributed by atoms with van der Waals surface area (Å²) < 4.78 is 1.39. The van der Waals surface area contributed by atoms with E-state index in [0.29, 0.717) is 15.7 Å². The largest absolute Gasteiger partial charge is 0.477 e. The number of hydrogen-bond donors (Lipinski definition) is 2. The van der Waals surface area contributed by atoms with Gasteiger partial charge in [-0.15, -0.1) is 11.8 Å². The van der Waals surface area contributed by atoms with Crippen molar-refractivity contribution in [2.75, 3.05) is 12.0 Å². The molecule has 0 saturated carbocycles. The molecule has 1 aromatic heterocycles. The van der Waals surface area contributed by atoms with E-state index in [4.69, 9.17) is 22.4 Å². The fourth-order valence-corrected chi connectivity index (χ4v) is 2.22. The molecule has 0 aliphatic rings. The molecule has 0 amide bonds. The Morgan fingerprint density at radius 2 is 2.06 bits per heavy atom. The van der Waals surface area contributed by atoms with E-state index in [1.807, 2.05) is 0 Å². The summed E-state index contributed by atoms with van der Waals surface area (Å²) in [6.07, 6.45) is 1.75. The van der Waals surface area contributed by atoms with Gasteiger partial charge in [0.25, 0.3) is 0 Å². The molecule has 0 spiro atoms. The molecular formula is C11H10ClN3O2S. The number of carboxylic acids is 1. The molecule has 0 unspecified atom stereocenters. The van der Waals surface area contributed by atoms with Gasteiger partial charge in [-0.2, -0.15) is 5.10 Å². The molecule has 94 valence electrons. The predicted octanol–water partition coefficient (Wildman–Crippen LogP) is 2.53. The minimum absolute atomic E-state index is 0.0254. The number of nitrogen functional groups attached to an aromatic ring is 1. The van der Waals surface area contributed by atoms with E-state index in [-0.39, 0.29) is 11.4 Å². The summed E-state index contributed by atoms with van der Waals surface area (Å²) in [5.74, 6) is -0.980. The van der Waals surface area contributed by atoms with Crippen molar-refractivity contribution < 1.29 is 9.90 Å². The van der Waals surface area contributed by atoms with Gasteiger partial charge in [0.15, 0.2) is 0 Å². The number of thioether (sulfide) groups is 1. The third kappa shape index (κ3) is 2.16. The smallest absolute Gasteiger partial charge is 0.342 e. The lowest BCUT2D eigenvalue weighted by molar-refractivity contribution is 0.0694. The maximum atomic E-state index is 11.1. The Bertz CT molecular complexity index is 595. The average molecular weight is 284 g/mol. The standard InChI is InChI=1S/C11H10ClN3O2S/c1-18-10-8(11(16)17)9(13)15(14-10)7-4-2-6(12)3-5-7/h2-5H,13H2,1H3,(H,16,17). The van der Waals surface area contributed by atoms with Crippen molar-refractivity contribution in [3.05, 3.63) is 34.9 Å². The molecule has 2 rings (SSSR count). The van der Waals surface area contributed by atoms with Crippen LogP contribution in [-0.4, -0.2) is 27.1 Å². The van der Waals surface area contributed by atoms with Crippen molar-refractivity contribution in [2.45, 2.75) is 5.03 Å². The number of carbonyl (C=O) groups is 1. The molecule has 0 saturated heterocycles. The second-order valence-corrected chi connectivity index (χ2v) is 4.69. The van der Waals surface area contributed by atoms with Gasteiger partial charge in [0.1, 0.15) is 16.4 Å². The van der Waals surface area contributed by atoms with E-state index >= 15 is 0 Å². The topological polar surface area (TPSA) is 81.1 Å². The number of aromatic nitrogens is 2. The van der Waals surface area contributed by atoms with Crippen LogP contribution in [-0.2, 0) is 0 Å². The minimum atomic E-state index is -1.09. The quantitative estimate of drug-likeness (QED) is 0.846. The van der Waals surface area contributed by atoms with Crippen LogP contribution in [0.1, 0.15) is 10.4 Å². The van der Waals surface area contributed by atoms with Crippen LogP contribution in [0.3, 0.4) is 0 Å². The minimum Gasteiger partial charge on any atom is -0.477 e. The maximum absolute atomic E-state index is 11.1. The van der Waals surface area contributed by atoms with Crippen molar-refractivity contribution in [1.29, 1.82) is 0 Å². The maximum Gasteiger partial charge on any atom is 0.342 e. The SMILES string of the molecule is CSc1nn(-c2ccc(Cl)cc2)c(N)c1C(=O)O. The second-order valence-electron chi connectivity index (χ2n) is 3.46. The lowest BCUT2D eigenvalue weighted by atomic mass is 10.3. The Morgan fingerprint density at radius 3 is 2.50 bits per heavy atom. The first-order valence-electron chi connectivity index (χ1n) is 4.96. The number of nitrogens with two attached hydrogens (primary N) is 1. The van der Waals surface area contributed by atoms with Crippen LogP contribution in [0.4, 0.5) is 5.82 Å². The van der Waals surface area contributed by atoms with Crippen molar-refractivity contribution in [3.63, 3.8) is 0 Å². The van der Waals surface area contributed by atoms with Crippen molar-refractivity contribution >= 4 is 35.1 Å². The molecule has 2 aromatic rings. The van der Waals surface area contributed by atoms with Gasteiger partial charge in [-0.3, -0.25) is 0 Å². The Morgan fingerprint density at radius 1 is 1.44 bits per heavy atom. The highest BCUT2D eigenvalue weighted by atomic mass is 35.5. The zero-order valence-electron chi connectivity index (χ0n) is 9.42. The Balaban J connectivity index is 2.59. The Labute approximate surface area is 113 Å². The van der Waals surface area contributed by atoms with E-state index in [0.717, 1.165) is 0 Å². The second kappa shape index (κ2) is 4.91. The summed E-state index contributed by atoms with van der Waals surface area (Å²) >= 11 is 7.03. The summed E-state index contributed by atoms with van der Waals surface area (Å²) in [6.45, 7) is 0. The molecule has 7 heteroatoms. The van der Waals surface area contributed by atoms with Crippen LogP contribution in [0.2, 0.25) is 5.02 Å².